The Kier molecular flexibility index (Phi) is 3.13. The van der Waals surface area contributed by atoms with Crippen molar-refractivity contribution in [3.63, 3.8) is 0 Å². The number of hydrogen-bond donors (Lipinski definition) is 1. The maximum Gasteiger partial charge on any atom is 0.269 e. The Labute approximate surface area is 116 Å². The number of primary amides is 1. The van der Waals surface area contributed by atoms with Gasteiger partial charge in [0.15, 0.2) is 11.8 Å². The second kappa shape index (κ2) is 5.10. The van der Waals surface area contributed by atoms with Crippen LogP contribution in [0.25, 0.3) is 0 Å². The number of benzene rings is 1. The van der Waals surface area contributed by atoms with Gasteiger partial charge in [-0.05, 0) is 12.1 Å². The van der Waals surface area contributed by atoms with Crippen molar-refractivity contribution in [2.45, 2.75) is 19.1 Å². The van der Waals surface area contributed by atoms with E-state index in [4.69, 9.17) is 10.5 Å². The average molecular weight is 267 g/mol. The minimum absolute atomic E-state index is 0.194. The van der Waals surface area contributed by atoms with Crippen LogP contribution >= 0.6 is 0 Å². The molecule has 1 aromatic heterocycles. The highest BCUT2D eigenvalue weighted by molar-refractivity contribution is 5.91. The smallest absolute Gasteiger partial charge is 0.269 e. The molecule has 2 N–H and O–H groups in total. The Morgan fingerprint density at radius 1 is 1.40 bits per heavy atom. The summed E-state index contributed by atoms with van der Waals surface area (Å²) in [6.07, 6.45) is 0.535. The fraction of sp³-hybridized carbons (Fsp3) is 0.200. The van der Waals surface area contributed by atoms with Crippen LogP contribution < -0.4 is 10.5 Å². The minimum atomic E-state index is -0.553. The molecule has 2 aromatic rings. The molecular weight excluding hydrogens is 254 g/mol. The summed E-state index contributed by atoms with van der Waals surface area (Å²) in [5.74, 6) is 6.15. The van der Waals surface area contributed by atoms with E-state index in [1.807, 2.05) is 30.3 Å². The second-order valence-corrected chi connectivity index (χ2v) is 4.49. The number of nitrogens with two attached hydrogens (primary N) is 1. The fourth-order valence-corrected chi connectivity index (χ4v) is 2.01. The van der Waals surface area contributed by atoms with Gasteiger partial charge in [0, 0.05) is 24.6 Å². The summed E-state index contributed by atoms with van der Waals surface area (Å²) in [5, 5.41) is 4.07. The van der Waals surface area contributed by atoms with Crippen LogP contribution in [0.15, 0.2) is 36.4 Å². The molecule has 1 aromatic carbocycles. The normalized spacial score (nSPS) is 16.5. The van der Waals surface area contributed by atoms with Crippen LogP contribution in [0.3, 0.4) is 0 Å². The van der Waals surface area contributed by atoms with Crippen molar-refractivity contribution >= 4 is 5.91 Å². The van der Waals surface area contributed by atoms with Crippen molar-refractivity contribution in [1.82, 2.24) is 9.78 Å². The van der Waals surface area contributed by atoms with Crippen molar-refractivity contribution in [3.05, 3.63) is 47.7 Å². The number of nitrogens with zero attached hydrogens (tertiary/aromatic N) is 2. The van der Waals surface area contributed by atoms with Crippen molar-refractivity contribution in [3.8, 4) is 17.7 Å². The van der Waals surface area contributed by atoms with Crippen molar-refractivity contribution < 1.29 is 9.53 Å². The summed E-state index contributed by atoms with van der Waals surface area (Å²) in [7, 11) is 0. The van der Waals surface area contributed by atoms with Gasteiger partial charge in [-0.1, -0.05) is 30.0 Å². The predicted octanol–water partition coefficient (Wildman–Crippen LogP) is 1.18. The topological polar surface area (TPSA) is 70.1 Å². The number of rotatable bonds is 1. The Bertz CT molecular complexity index is 695. The van der Waals surface area contributed by atoms with Crippen molar-refractivity contribution in [2.75, 3.05) is 0 Å². The number of ether oxygens (including phenoxy) is 1. The van der Waals surface area contributed by atoms with E-state index in [9.17, 15) is 4.79 Å². The number of aromatic nitrogens is 2. The summed E-state index contributed by atoms with van der Waals surface area (Å²) in [6.45, 7) is 0.663. The van der Waals surface area contributed by atoms with Crippen LogP contribution in [-0.4, -0.2) is 21.8 Å². The lowest BCUT2D eigenvalue weighted by Crippen LogP contribution is -2.24. The number of hydrogen-bond acceptors (Lipinski definition) is 3. The zero-order valence-electron chi connectivity index (χ0n) is 10.7. The third-order valence-electron chi connectivity index (χ3n) is 3.01. The zero-order chi connectivity index (χ0) is 13.9. The lowest BCUT2D eigenvalue weighted by molar-refractivity contribution is 0.0994. The SMILES string of the molecule is NC(=O)c1cc2n(n1)CCC(C#Cc1ccccc1)O2. The van der Waals surface area contributed by atoms with E-state index in [-0.39, 0.29) is 11.8 Å². The summed E-state index contributed by atoms with van der Waals surface area (Å²) < 4.78 is 7.34. The molecule has 1 atom stereocenters. The molecule has 5 heteroatoms. The molecule has 1 aliphatic rings. The number of fused-ring (bicyclic) bond motifs is 1. The van der Waals surface area contributed by atoms with Crippen molar-refractivity contribution in [1.29, 1.82) is 0 Å². The highest BCUT2D eigenvalue weighted by atomic mass is 16.5. The number of aryl methyl sites for hydroxylation is 1. The molecule has 20 heavy (non-hydrogen) atoms. The molecule has 0 saturated heterocycles. The van der Waals surface area contributed by atoms with E-state index in [1.54, 1.807) is 10.7 Å². The average Bonchev–Trinajstić information content (AvgIpc) is 2.89. The van der Waals surface area contributed by atoms with E-state index in [2.05, 4.69) is 16.9 Å². The number of carbonyl (C=O) groups excluding carboxylic acids is 1. The number of amides is 1. The van der Waals surface area contributed by atoms with E-state index >= 15 is 0 Å². The van der Waals surface area contributed by atoms with Crippen LogP contribution in [-0.2, 0) is 6.54 Å². The summed E-state index contributed by atoms with van der Waals surface area (Å²) >= 11 is 0. The summed E-state index contributed by atoms with van der Waals surface area (Å²) in [6, 6.07) is 11.3. The van der Waals surface area contributed by atoms with Crippen LogP contribution in [0.2, 0.25) is 0 Å². The molecule has 0 aliphatic carbocycles. The summed E-state index contributed by atoms with van der Waals surface area (Å²) in [4.78, 5) is 11.1. The second-order valence-electron chi connectivity index (χ2n) is 4.49. The van der Waals surface area contributed by atoms with Gasteiger partial charge >= 0.3 is 0 Å². The molecule has 0 spiro atoms. The first-order valence-electron chi connectivity index (χ1n) is 6.33. The van der Waals surface area contributed by atoms with Gasteiger partial charge in [-0.2, -0.15) is 5.10 Å². The summed E-state index contributed by atoms with van der Waals surface area (Å²) in [5.41, 5.74) is 6.37. The number of carbonyl (C=O) groups is 1. The molecule has 100 valence electrons. The lowest BCUT2D eigenvalue weighted by atomic mass is 10.2. The van der Waals surface area contributed by atoms with Crippen LogP contribution in [0.5, 0.6) is 5.88 Å². The molecular formula is C15H13N3O2. The van der Waals surface area contributed by atoms with Gasteiger partial charge in [-0.15, -0.1) is 0 Å². The third-order valence-corrected chi connectivity index (χ3v) is 3.01. The van der Waals surface area contributed by atoms with Crippen LogP contribution in [0.1, 0.15) is 22.5 Å². The highest BCUT2D eigenvalue weighted by Gasteiger charge is 2.21. The molecule has 1 amide bonds. The van der Waals surface area contributed by atoms with Crippen molar-refractivity contribution in [2.24, 2.45) is 5.73 Å². The predicted molar refractivity (Wildman–Crippen MR) is 73.1 cm³/mol. The van der Waals surface area contributed by atoms with Gasteiger partial charge in [0.1, 0.15) is 0 Å². The Morgan fingerprint density at radius 2 is 2.20 bits per heavy atom. The molecule has 1 aliphatic heterocycles. The largest absolute Gasteiger partial charge is 0.461 e. The first kappa shape index (κ1) is 12.3. The monoisotopic (exact) mass is 267 g/mol. The lowest BCUT2D eigenvalue weighted by Gasteiger charge is -2.20. The maximum absolute atomic E-state index is 11.1. The molecule has 0 bridgehead atoms. The van der Waals surface area contributed by atoms with E-state index in [0.29, 0.717) is 12.4 Å². The first-order chi connectivity index (χ1) is 9.72. The first-order valence-corrected chi connectivity index (χ1v) is 6.33. The molecule has 1 unspecified atom stereocenters. The van der Waals surface area contributed by atoms with Crippen LogP contribution in [0.4, 0.5) is 0 Å². The molecule has 0 saturated carbocycles. The van der Waals surface area contributed by atoms with Gasteiger partial charge in [0.25, 0.3) is 5.91 Å². The Morgan fingerprint density at radius 3 is 2.95 bits per heavy atom. The third kappa shape index (κ3) is 2.50. The maximum atomic E-state index is 11.1. The Balaban J connectivity index is 1.76. The fourth-order valence-electron chi connectivity index (χ4n) is 2.01. The van der Waals surface area contributed by atoms with Gasteiger partial charge in [0.05, 0.1) is 0 Å². The van der Waals surface area contributed by atoms with E-state index < -0.39 is 5.91 Å². The minimum Gasteiger partial charge on any atom is -0.461 e. The molecule has 3 rings (SSSR count). The van der Waals surface area contributed by atoms with E-state index in [1.165, 1.54) is 0 Å². The molecule has 0 fully saturated rings. The zero-order valence-corrected chi connectivity index (χ0v) is 10.7. The standard InChI is InChI=1S/C15H13N3O2/c16-15(19)13-10-14-18(17-13)9-8-12(20-14)7-6-11-4-2-1-3-5-11/h1-5,10,12H,8-9H2,(H2,16,19). The quantitative estimate of drug-likeness (QED) is 0.789. The molecule has 0 radical (unpaired) electrons. The highest BCUT2D eigenvalue weighted by Crippen LogP contribution is 2.21. The Hall–Kier alpha value is -2.74. The molecule has 5 nitrogen and oxygen atoms in total. The van der Waals surface area contributed by atoms with Gasteiger partial charge in [-0.3, -0.25) is 4.79 Å². The van der Waals surface area contributed by atoms with Gasteiger partial charge in [0.2, 0.25) is 5.88 Å². The van der Waals surface area contributed by atoms with E-state index in [0.717, 1.165) is 12.0 Å². The van der Waals surface area contributed by atoms with Gasteiger partial charge < -0.3 is 10.5 Å². The van der Waals surface area contributed by atoms with Gasteiger partial charge in [-0.25, -0.2) is 4.68 Å². The molecule has 2 heterocycles. The van der Waals surface area contributed by atoms with Crippen LogP contribution in [0, 0.1) is 11.8 Å².